The third-order valence-corrected chi connectivity index (χ3v) is 4.75. The van der Waals surface area contributed by atoms with Gasteiger partial charge in [-0.3, -0.25) is 9.48 Å². The molecule has 0 radical (unpaired) electrons. The molecule has 2 N–H and O–H groups in total. The van der Waals surface area contributed by atoms with E-state index in [9.17, 15) is 9.59 Å². The number of carboxylic acids is 1. The molecule has 0 saturated carbocycles. The fourth-order valence-corrected chi connectivity index (χ4v) is 3.44. The van der Waals surface area contributed by atoms with Gasteiger partial charge in [0.1, 0.15) is 5.82 Å². The largest absolute Gasteiger partial charge is 0.477 e. The van der Waals surface area contributed by atoms with E-state index >= 15 is 0 Å². The number of hydrogen-bond acceptors (Lipinski definition) is 5. The minimum atomic E-state index is -1.08. The number of carbonyl (C=O) groups excluding carboxylic acids is 1. The minimum Gasteiger partial charge on any atom is -0.477 e. The van der Waals surface area contributed by atoms with Crippen LogP contribution in [0.5, 0.6) is 0 Å². The van der Waals surface area contributed by atoms with Crippen molar-refractivity contribution < 1.29 is 14.7 Å². The Morgan fingerprint density at radius 2 is 2.04 bits per heavy atom. The highest BCUT2D eigenvalue weighted by Gasteiger charge is 2.41. The molecule has 0 aromatic carbocycles. The molecule has 132 valence electrons. The molecular weight excluding hydrogens is 322 g/mol. The van der Waals surface area contributed by atoms with Gasteiger partial charge in [0, 0.05) is 31.8 Å². The number of likely N-dealkylation sites (tertiary alicyclic amines) is 1. The van der Waals surface area contributed by atoms with Crippen LogP contribution in [-0.2, 0) is 11.8 Å². The third-order valence-electron chi connectivity index (χ3n) is 4.75. The molecule has 1 amide bonds. The van der Waals surface area contributed by atoms with E-state index in [0.29, 0.717) is 12.2 Å². The molecule has 1 aliphatic rings. The summed E-state index contributed by atoms with van der Waals surface area (Å²) in [6, 6.07) is 4.38. The summed E-state index contributed by atoms with van der Waals surface area (Å²) in [5.74, 6) is -0.615. The number of anilines is 1. The molecule has 2 aromatic rings. The fraction of sp³-hybridized carbons (Fsp3) is 0.412. The van der Waals surface area contributed by atoms with Gasteiger partial charge >= 0.3 is 5.97 Å². The van der Waals surface area contributed by atoms with Crippen LogP contribution in [-0.4, -0.2) is 49.7 Å². The van der Waals surface area contributed by atoms with E-state index in [1.54, 1.807) is 24.1 Å². The molecule has 3 rings (SSSR count). The van der Waals surface area contributed by atoms with E-state index in [1.807, 2.05) is 25.6 Å². The maximum Gasteiger partial charge on any atom is 0.354 e. The number of aryl methyl sites for hydroxylation is 2. The molecule has 2 atom stereocenters. The Morgan fingerprint density at radius 1 is 1.32 bits per heavy atom. The molecule has 2 aromatic heterocycles. The van der Waals surface area contributed by atoms with Crippen molar-refractivity contribution in [2.24, 2.45) is 7.05 Å². The normalized spacial score (nSPS) is 20.2. The van der Waals surface area contributed by atoms with Crippen molar-refractivity contribution in [3.63, 3.8) is 0 Å². The van der Waals surface area contributed by atoms with E-state index < -0.39 is 5.97 Å². The Labute approximate surface area is 145 Å². The van der Waals surface area contributed by atoms with Crippen molar-refractivity contribution in [2.75, 3.05) is 12.4 Å². The van der Waals surface area contributed by atoms with Crippen LogP contribution < -0.4 is 5.32 Å². The van der Waals surface area contributed by atoms with Crippen LogP contribution in [0.1, 0.15) is 39.9 Å². The number of nitrogens with zero attached hydrogens (tertiary/aromatic N) is 4. The van der Waals surface area contributed by atoms with Gasteiger partial charge in [-0.1, -0.05) is 6.07 Å². The molecule has 8 nitrogen and oxygen atoms in total. The van der Waals surface area contributed by atoms with Gasteiger partial charge in [0.15, 0.2) is 5.69 Å². The Hall–Kier alpha value is -2.90. The van der Waals surface area contributed by atoms with Crippen LogP contribution in [0, 0.1) is 13.8 Å². The van der Waals surface area contributed by atoms with Crippen molar-refractivity contribution in [3.8, 4) is 0 Å². The Morgan fingerprint density at radius 3 is 2.64 bits per heavy atom. The van der Waals surface area contributed by atoms with Crippen LogP contribution in [0.2, 0.25) is 0 Å². The van der Waals surface area contributed by atoms with Crippen LogP contribution in [0.3, 0.4) is 0 Å². The van der Waals surface area contributed by atoms with Crippen LogP contribution in [0.4, 0.5) is 5.82 Å². The molecule has 0 unspecified atom stereocenters. The van der Waals surface area contributed by atoms with E-state index in [4.69, 9.17) is 5.11 Å². The van der Waals surface area contributed by atoms with Gasteiger partial charge in [-0.05, 0) is 26.0 Å². The molecule has 0 spiro atoms. The summed E-state index contributed by atoms with van der Waals surface area (Å²) in [6.45, 7) is 3.91. The Bertz CT molecular complexity index is 845. The zero-order chi connectivity index (χ0) is 18.3. The average molecular weight is 343 g/mol. The van der Waals surface area contributed by atoms with E-state index in [0.717, 1.165) is 17.0 Å². The molecule has 1 saturated heterocycles. The SMILES string of the molecule is Cc1nn(C)c(C)c1[C@H]1[C@H](Nc2cccc(C(=O)O)n2)CC(=O)N1C. The Kier molecular flexibility index (Phi) is 4.20. The quantitative estimate of drug-likeness (QED) is 0.873. The third kappa shape index (κ3) is 2.95. The molecule has 25 heavy (non-hydrogen) atoms. The van der Waals surface area contributed by atoms with Gasteiger partial charge in [0.05, 0.1) is 17.8 Å². The van der Waals surface area contributed by atoms with Crippen molar-refractivity contribution >= 4 is 17.7 Å². The molecule has 0 aliphatic carbocycles. The monoisotopic (exact) mass is 343 g/mol. The number of carbonyl (C=O) groups is 2. The predicted octanol–water partition coefficient (Wildman–Crippen LogP) is 1.51. The smallest absolute Gasteiger partial charge is 0.354 e. The standard InChI is InChI=1S/C17H21N5O3/c1-9-15(10(2)22(4)20-9)16-12(8-14(23)21(16)3)19-13-7-5-6-11(18-13)17(24)25/h5-7,12,16H,8H2,1-4H3,(H,18,19)(H,24,25)/t12-,16-/m1/s1. The lowest BCUT2D eigenvalue weighted by molar-refractivity contribution is -0.127. The second-order valence-electron chi connectivity index (χ2n) is 6.33. The summed E-state index contributed by atoms with van der Waals surface area (Å²) >= 11 is 0. The molecule has 1 fully saturated rings. The van der Waals surface area contributed by atoms with Gasteiger partial charge in [-0.15, -0.1) is 0 Å². The first kappa shape index (κ1) is 16.9. The van der Waals surface area contributed by atoms with E-state index in [2.05, 4.69) is 15.4 Å². The summed E-state index contributed by atoms with van der Waals surface area (Å²) < 4.78 is 1.81. The first-order chi connectivity index (χ1) is 11.8. The lowest BCUT2D eigenvalue weighted by Crippen LogP contribution is -2.31. The topological polar surface area (TPSA) is 100 Å². The minimum absolute atomic E-state index is 0.0274. The number of aromatic carboxylic acids is 1. The summed E-state index contributed by atoms with van der Waals surface area (Å²) in [5.41, 5.74) is 2.87. The number of nitrogens with one attached hydrogen (secondary N) is 1. The first-order valence-corrected chi connectivity index (χ1v) is 8.02. The number of pyridine rings is 1. The van der Waals surface area contributed by atoms with Crippen LogP contribution >= 0.6 is 0 Å². The van der Waals surface area contributed by atoms with Gasteiger partial charge in [0.2, 0.25) is 5.91 Å². The number of rotatable bonds is 4. The van der Waals surface area contributed by atoms with E-state index in [1.165, 1.54) is 6.07 Å². The van der Waals surface area contributed by atoms with Crippen molar-refractivity contribution in [1.29, 1.82) is 0 Å². The zero-order valence-electron chi connectivity index (χ0n) is 14.6. The highest BCUT2D eigenvalue weighted by atomic mass is 16.4. The molecular formula is C17H21N5O3. The lowest BCUT2D eigenvalue weighted by atomic mass is 9.98. The van der Waals surface area contributed by atoms with Crippen molar-refractivity contribution in [2.45, 2.75) is 32.4 Å². The molecule has 8 heteroatoms. The number of hydrogen-bond donors (Lipinski definition) is 2. The maximum atomic E-state index is 12.3. The summed E-state index contributed by atoms with van der Waals surface area (Å²) in [7, 11) is 3.66. The molecule has 1 aliphatic heterocycles. The average Bonchev–Trinajstić information content (AvgIpc) is 2.96. The summed E-state index contributed by atoms with van der Waals surface area (Å²) in [6.07, 6.45) is 0.313. The molecule has 3 heterocycles. The second-order valence-corrected chi connectivity index (χ2v) is 6.33. The fourth-order valence-electron chi connectivity index (χ4n) is 3.44. The number of amides is 1. The zero-order valence-corrected chi connectivity index (χ0v) is 14.6. The van der Waals surface area contributed by atoms with Gasteiger partial charge in [0.25, 0.3) is 0 Å². The van der Waals surface area contributed by atoms with Crippen molar-refractivity contribution in [1.82, 2.24) is 19.7 Å². The van der Waals surface area contributed by atoms with Crippen LogP contribution in [0.15, 0.2) is 18.2 Å². The number of likely N-dealkylation sites (N-methyl/N-ethyl adjacent to an activating group) is 1. The Balaban J connectivity index is 1.95. The highest BCUT2D eigenvalue weighted by Crippen LogP contribution is 2.36. The van der Waals surface area contributed by atoms with Crippen LogP contribution in [0.25, 0.3) is 0 Å². The highest BCUT2D eigenvalue weighted by molar-refractivity contribution is 5.86. The molecule has 0 bridgehead atoms. The number of aromatic nitrogens is 3. The van der Waals surface area contributed by atoms with Gasteiger partial charge in [-0.25, -0.2) is 9.78 Å². The second kappa shape index (κ2) is 6.19. The van der Waals surface area contributed by atoms with Gasteiger partial charge in [-0.2, -0.15) is 5.10 Å². The summed E-state index contributed by atoms with van der Waals surface area (Å²) in [5, 5.41) is 16.8. The number of carboxylic acid groups (broad SMARTS) is 1. The summed E-state index contributed by atoms with van der Waals surface area (Å²) in [4.78, 5) is 29.2. The van der Waals surface area contributed by atoms with E-state index in [-0.39, 0.29) is 23.7 Å². The maximum absolute atomic E-state index is 12.3. The van der Waals surface area contributed by atoms with Crippen molar-refractivity contribution in [3.05, 3.63) is 40.8 Å². The van der Waals surface area contributed by atoms with Gasteiger partial charge < -0.3 is 15.3 Å². The predicted molar refractivity (Wildman–Crippen MR) is 91.4 cm³/mol. The first-order valence-electron chi connectivity index (χ1n) is 8.02. The lowest BCUT2D eigenvalue weighted by Gasteiger charge is -2.26.